The van der Waals surface area contributed by atoms with Crippen molar-refractivity contribution < 1.29 is 14.0 Å². The van der Waals surface area contributed by atoms with Crippen LogP contribution in [0.15, 0.2) is 11.2 Å². The molecule has 168 valence electrons. The highest BCUT2D eigenvalue weighted by atomic mass is 28.3. The molecule has 8 heteroatoms. The largest absolute Gasteiger partial charge is 0.497 e. The highest BCUT2D eigenvalue weighted by Crippen LogP contribution is 2.36. The molecule has 2 aliphatic heterocycles. The molecule has 1 aromatic heterocycles. The molecule has 0 bridgehead atoms. The Hall–Kier alpha value is -1.09. The molecule has 1 aromatic rings. The Labute approximate surface area is 183 Å². The van der Waals surface area contributed by atoms with Crippen molar-refractivity contribution in [2.75, 3.05) is 27.2 Å². The summed E-state index contributed by atoms with van der Waals surface area (Å²) in [5, 5.41) is 1.16. The predicted molar refractivity (Wildman–Crippen MR) is 126 cm³/mol. The Morgan fingerprint density at radius 2 is 1.80 bits per heavy atom. The third-order valence-corrected chi connectivity index (χ3v) is 8.18. The molecule has 1 fully saturated rings. The van der Waals surface area contributed by atoms with Crippen LogP contribution in [0.5, 0.6) is 0 Å². The van der Waals surface area contributed by atoms with Crippen LogP contribution >= 0.6 is 0 Å². The lowest BCUT2D eigenvalue weighted by Gasteiger charge is -2.32. The van der Waals surface area contributed by atoms with E-state index in [4.69, 9.17) is 19.0 Å². The lowest BCUT2D eigenvalue weighted by Crippen LogP contribution is -2.48. The lowest BCUT2D eigenvalue weighted by atomic mass is 9.79. The second-order valence-corrected chi connectivity index (χ2v) is 16.6. The van der Waals surface area contributed by atoms with Gasteiger partial charge in [-0.05, 0) is 46.6 Å². The van der Waals surface area contributed by atoms with Crippen molar-refractivity contribution in [1.29, 1.82) is 0 Å². The average Bonchev–Trinajstić information content (AvgIpc) is 2.93. The van der Waals surface area contributed by atoms with E-state index in [1.54, 1.807) is 0 Å². The Balaban J connectivity index is 2.02. The second-order valence-electron chi connectivity index (χ2n) is 11.0. The Bertz CT molecular complexity index is 871. The average molecular weight is 433 g/mol. The van der Waals surface area contributed by atoms with E-state index in [1.807, 2.05) is 0 Å². The van der Waals surface area contributed by atoms with Gasteiger partial charge in [-0.25, -0.2) is 0 Å². The van der Waals surface area contributed by atoms with Crippen LogP contribution in [-0.2, 0) is 20.8 Å². The van der Waals surface area contributed by atoms with Crippen LogP contribution in [0.4, 0.5) is 0 Å². The summed E-state index contributed by atoms with van der Waals surface area (Å²) in [6.45, 7) is 17.7. The first-order chi connectivity index (χ1) is 13.8. The van der Waals surface area contributed by atoms with Crippen molar-refractivity contribution in [2.45, 2.75) is 84.2 Å². The molecule has 3 heterocycles. The second kappa shape index (κ2) is 8.45. The van der Waals surface area contributed by atoms with E-state index >= 15 is 0 Å². The number of aromatic nitrogens is 1. The van der Waals surface area contributed by atoms with Gasteiger partial charge in [-0.3, -0.25) is 4.99 Å². The summed E-state index contributed by atoms with van der Waals surface area (Å²) >= 11 is 0. The van der Waals surface area contributed by atoms with Gasteiger partial charge in [-0.2, -0.15) is 0 Å². The number of ether oxygens (including phenoxy) is 1. The molecule has 2 aliphatic rings. The minimum Gasteiger partial charge on any atom is -0.399 e. The predicted octanol–water partition coefficient (Wildman–Crippen LogP) is 2.18. The fourth-order valence-corrected chi connectivity index (χ4v) is 4.58. The fourth-order valence-electron chi connectivity index (χ4n) is 3.82. The Kier molecular flexibility index (Phi) is 6.64. The summed E-state index contributed by atoms with van der Waals surface area (Å²) in [6, 6.07) is 1.16. The quantitative estimate of drug-likeness (QED) is 0.489. The Morgan fingerprint density at radius 3 is 2.37 bits per heavy atom. The van der Waals surface area contributed by atoms with Gasteiger partial charge in [-0.15, -0.1) is 0 Å². The van der Waals surface area contributed by atoms with Crippen molar-refractivity contribution in [3.63, 3.8) is 0 Å². The number of fused-ring (bicyclic) bond motifs is 1. The SMILES string of the molecule is CN(C)C1=c2c(B3OC(C)(C)C(C)(C)O3)cn(COCC[Si](C)(C)C)c2=NCCC1. The molecule has 0 aliphatic carbocycles. The van der Waals surface area contributed by atoms with Crippen molar-refractivity contribution in [3.8, 4) is 0 Å². The molecule has 6 nitrogen and oxygen atoms in total. The van der Waals surface area contributed by atoms with Gasteiger partial charge in [0.25, 0.3) is 0 Å². The summed E-state index contributed by atoms with van der Waals surface area (Å²) in [4.78, 5) is 7.16. The van der Waals surface area contributed by atoms with E-state index in [-0.39, 0.29) is 11.2 Å². The van der Waals surface area contributed by atoms with Gasteiger partial charge >= 0.3 is 7.12 Å². The topological polar surface area (TPSA) is 48.2 Å². The van der Waals surface area contributed by atoms with Crippen LogP contribution < -0.4 is 16.2 Å². The number of nitrogens with zero attached hydrogens (tertiary/aromatic N) is 3. The minimum atomic E-state index is -1.11. The van der Waals surface area contributed by atoms with E-state index < -0.39 is 15.2 Å². The van der Waals surface area contributed by atoms with Crippen LogP contribution in [-0.4, -0.2) is 63.1 Å². The first-order valence-electron chi connectivity index (χ1n) is 11.2. The van der Waals surface area contributed by atoms with Crippen molar-refractivity contribution >= 4 is 26.4 Å². The van der Waals surface area contributed by atoms with Gasteiger partial charge in [-0.1, -0.05) is 19.6 Å². The number of rotatable bonds is 7. The van der Waals surface area contributed by atoms with Gasteiger partial charge in [0.05, 0.1) is 11.2 Å². The van der Waals surface area contributed by atoms with E-state index in [0.29, 0.717) is 6.73 Å². The molecule has 1 saturated heterocycles. The zero-order chi connectivity index (χ0) is 22.3. The highest BCUT2D eigenvalue weighted by Gasteiger charge is 2.52. The molecule has 0 N–H and O–H groups in total. The van der Waals surface area contributed by atoms with E-state index in [1.165, 1.54) is 5.70 Å². The van der Waals surface area contributed by atoms with E-state index in [9.17, 15) is 0 Å². The maximum absolute atomic E-state index is 6.42. The van der Waals surface area contributed by atoms with Crippen LogP contribution in [0.1, 0.15) is 40.5 Å². The zero-order valence-electron chi connectivity index (χ0n) is 20.5. The Morgan fingerprint density at radius 1 is 1.17 bits per heavy atom. The molecule has 0 aromatic carbocycles. The fraction of sp³-hybridized carbons (Fsp3) is 0.773. The summed E-state index contributed by atoms with van der Waals surface area (Å²) in [5.74, 6) is 0. The maximum atomic E-state index is 6.42. The summed E-state index contributed by atoms with van der Waals surface area (Å²) in [6.07, 6.45) is 4.18. The van der Waals surface area contributed by atoms with E-state index in [2.05, 4.69) is 77.1 Å². The molecule has 0 saturated carbocycles. The normalized spacial score (nSPS) is 20.7. The molecule has 3 rings (SSSR count). The summed E-state index contributed by atoms with van der Waals surface area (Å²) in [5.41, 5.74) is 2.60. The molecule has 0 spiro atoms. The zero-order valence-corrected chi connectivity index (χ0v) is 21.5. The maximum Gasteiger partial charge on any atom is 0.497 e. The van der Waals surface area contributed by atoms with Crippen molar-refractivity contribution in [1.82, 2.24) is 9.47 Å². The van der Waals surface area contributed by atoms with Crippen molar-refractivity contribution in [2.24, 2.45) is 4.99 Å². The third kappa shape index (κ3) is 4.87. The minimum absolute atomic E-state index is 0.374. The van der Waals surface area contributed by atoms with Gasteiger partial charge in [0.2, 0.25) is 0 Å². The summed E-state index contributed by atoms with van der Waals surface area (Å²) < 4.78 is 21.1. The molecule has 0 radical (unpaired) electrons. The van der Waals surface area contributed by atoms with Gasteiger partial charge < -0.3 is 23.5 Å². The monoisotopic (exact) mass is 433 g/mol. The molecular weight excluding hydrogens is 393 g/mol. The van der Waals surface area contributed by atoms with E-state index in [0.717, 1.165) is 48.2 Å². The van der Waals surface area contributed by atoms with Crippen LogP contribution in [0.2, 0.25) is 25.7 Å². The van der Waals surface area contributed by atoms with Crippen LogP contribution in [0.25, 0.3) is 5.70 Å². The molecule has 30 heavy (non-hydrogen) atoms. The van der Waals surface area contributed by atoms with Gasteiger partial charge in [0, 0.05) is 57.9 Å². The highest BCUT2D eigenvalue weighted by molar-refractivity contribution is 6.76. The number of hydrogen-bond acceptors (Lipinski definition) is 5. The van der Waals surface area contributed by atoms with Crippen LogP contribution in [0, 0.1) is 0 Å². The number of hydrogen-bond donors (Lipinski definition) is 0. The third-order valence-electron chi connectivity index (χ3n) is 6.47. The smallest absolute Gasteiger partial charge is 0.399 e. The first kappa shape index (κ1) is 23.6. The lowest BCUT2D eigenvalue weighted by molar-refractivity contribution is 0.00578. The van der Waals surface area contributed by atoms with Crippen LogP contribution in [0.3, 0.4) is 0 Å². The van der Waals surface area contributed by atoms with Gasteiger partial charge in [0.15, 0.2) is 0 Å². The molecule has 0 atom stereocenters. The van der Waals surface area contributed by atoms with Gasteiger partial charge in [0.1, 0.15) is 12.2 Å². The molecule has 0 amide bonds. The summed E-state index contributed by atoms with van der Waals surface area (Å²) in [7, 11) is 2.70. The van der Waals surface area contributed by atoms with Crippen molar-refractivity contribution in [3.05, 3.63) is 16.9 Å². The first-order valence-corrected chi connectivity index (χ1v) is 14.9. The standard InChI is InChI=1S/C22H40BN3O3Si/c1-21(2)22(3,4)29-23(28-21)17-15-26(16-27-13-14-30(7,8)9)20-19(17)18(25(5)6)11-10-12-24-20/h15H,10-14,16H2,1-9H3. The molecule has 0 unspecified atom stereocenters. The molecular formula is C22H40BN3O3Si.